The van der Waals surface area contributed by atoms with Gasteiger partial charge in [-0.15, -0.1) is 0 Å². The molecule has 0 unspecified atom stereocenters. The molecule has 4 heteroatoms. The Morgan fingerprint density at radius 1 is 1.54 bits per heavy atom. The van der Waals surface area contributed by atoms with Gasteiger partial charge in [0.25, 0.3) is 0 Å². The summed E-state index contributed by atoms with van der Waals surface area (Å²) in [6.07, 6.45) is -0.760. The van der Waals surface area contributed by atoms with Crippen LogP contribution in [0.4, 0.5) is 4.39 Å². The van der Waals surface area contributed by atoms with Gasteiger partial charge in [0.2, 0.25) is 0 Å². The van der Waals surface area contributed by atoms with E-state index in [9.17, 15) is 9.50 Å². The standard InChI is InChI=1S/C9H11BrFNO/c1-5(13)9(12)6-3-2-4-7(10)8(6)11/h2-5,9,13H,12H2,1H3/t5-,9-/m0/s1. The Kier molecular flexibility index (Phi) is 3.41. The third kappa shape index (κ3) is 2.27. The second-order valence-corrected chi connectivity index (χ2v) is 3.76. The molecular formula is C9H11BrFNO. The molecule has 1 aromatic carbocycles. The lowest BCUT2D eigenvalue weighted by Crippen LogP contribution is -2.24. The predicted molar refractivity (Wildman–Crippen MR) is 52.7 cm³/mol. The van der Waals surface area contributed by atoms with Gasteiger partial charge in [-0.1, -0.05) is 12.1 Å². The van der Waals surface area contributed by atoms with Gasteiger partial charge in [0.15, 0.2) is 0 Å². The molecule has 72 valence electrons. The highest BCUT2D eigenvalue weighted by atomic mass is 79.9. The summed E-state index contributed by atoms with van der Waals surface area (Å²) < 4.78 is 13.7. The minimum atomic E-state index is -0.760. The molecule has 0 fully saturated rings. The van der Waals surface area contributed by atoms with Gasteiger partial charge in [-0.25, -0.2) is 4.39 Å². The SMILES string of the molecule is C[C@H](O)[C@H](N)c1cccc(Br)c1F. The predicted octanol–water partition coefficient (Wildman–Crippen LogP) is 1.97. The van der Waals surface area contributed by atoms with Crippen molar-refractivity contribution in [1.29, 1.82) is 0 Å². The molecule has 13 heavy (non-hydrogen) atoms. The minimum Gasteiger partial charge on any atom is -0.391 e. The van der Waals surface area contributed by atoms with Gasteiger partial charge in [0.1, 0.15) is 5.82 Å². The summed E-state index contributed by atoms with van der Waals surface area (Å²) in [5, 5.41) is 9.18. The molecule has 0 spiro atoms. The van der Waals surface area contributed by atoms with E-state index in [1.54, 1.807) is 18.2 Å². The van der Waals surface area contributed by atoms with Crippen LogP contribution in [0.15, 0.2) is 22.7 Å². The molecule has 0 heterocycles. The van der Waals surface area contributed by atoms with Crippen LogP contribution >= 0.6 is 15.9 Å². The molecule has 0 saturated heterocycles. The van der Waals surface area contributed by atoms with Crippen LogP contribution in [0.25, 0.3) is 0 Å². The monoisotopic (exact) mass is 247 g/mol. The van der Waals surface area contributed by atoms with Crippen LogP contribution in [0.5, 0.6) is 0 Å². The van der Waals surface area contributed by atoms with E-state index in [0.29, 0.717) is 10.0 Å². The first-order valence-corrected chi connectivity index (χ1v) is 4.71. The van der Waals surface area contributed by atoms with Crippen molar-refractivity contribution in [2.45, 2.75) is 19.1 Å². The average Bonchev–Trinajstić information content (AvgIpc) is 2.08. The van der Waals surface area contributed by atoms with Gasteiger partial charge >= 0.3 is 0 Å². The summed E-state index contributed by atoms with van der Waals surface area (Å²) in [6, 6.07) is 4.16. The van der Waals surface area contributed by atoms with E-state index in [1.807, 2.05) is 0 Å². The van der Waals surface area contributed by atoms with Crippen molar-refractivity contribution in [3.05, 3.63) is 34.1 Å². The fourth-order valence-corrected chi connectivity index (χ4v) is 1.42. The van der Waals surface area contributed by atoms with Crippen LogP contribution in [0.3, 0.4) is 0 Å². The third-order valence-corrected chi connectivity index (χ3v) is 2.47. The first kappa shape index (κ1) is 10.6. The smallest absolute Gasteiger partial charge is 0.142 e. The highest BCUT2D eigenvalue weighted by molar-refractivity contribution is 9.10. The van der Waals surface area contributed by atoms with Gasteiger partial charge < -0.3 is 10.8 Å². The molecule has 0 aliphatic heterocycles. The maximum atomic E-state index is 13.4. The van der Waals surface area contributed by atoms with Crippen molar-refractivity contribution in [3.8, 4) is 0 Å². The molecule has 3 N–H and O–H groups in total. The zero-order valence-electron chi connectivity index (χ0n) is 7.17. The summed E-state index contributed by atoms with van der Waals surface area (Å²) in [6.45, 7) is 1.53. The molecule has 0 aromatic heterocycles. The zero-order valence-corrected chi connectivity index (χ0v) is 8.75. The molecular weight excluding hydrogens is 237 g/mol. The maximum Gasteiger partial charge on any atom is 0.142 e. The summed E-state index contributed by atoms with van der Waals surface area (Å²) in [5.41, 5.74) is 5.92. The summed E-state index contributed by atoms with van der Waals surface area (Å²) in [4.78, 5) is 0. The van der Waals surface area contributed by atoms with E-state index in [4.69, 9.17) is 5.73 Å². The number of hydrogen-bond acceptors (Lipinski definition) is 2. The minimum absolute atomic E-state index is 0.323. The molecule has 0 aliphatic rings. The lowest BCUT2D eigenvalue weighted by atomic mass is 10.0. The average molecular weight is 248 g/mol. The second-order valence-electron chi connectivity index (χ2n) is 2.91. The number of halogens is 2. The molecule has 1 aromatic rings. The van der Waals surface area contributed by atoms with E-state index < -0.39 is 18.0 Å². The Bertz CT molecular complexity index is 304. The van der Waals surface area contributed by atoms with Gasteiger partial charge in [-0.3, -0.25) is 0 Å². The van der Waals surface area contributed by atoms with Crippen LogP contribution in [-0.2, 0) is 0 Å². The van der Waals surface area contributed by atoms with Crippen molar-refractivity contribution >= 4 is 15.9 Å². The number of hydrogen-bond donors (Lipinski definition) is 2. The summed E-state index contributed by atoms with van der Waals surface area (Å²) in [7, 11) is 0. The second kappa shape index (κ2) is 4.17. The van der Waals surface area contributed by atoms with E-state index in [2.05, 4.69) is 15.9 Å². The Morgan fingerprint density at radius 2 is 2.15 bits per heavy atom. The molecule has 0 radical (unpaired) electrons. The number of nitrogens with two attached hydrogens (primary N) is 1. The molecule has 2 nitrogen and oxygen atoms in total. The molecule has 0 bridgehead atoms. The fourth-order valence-electron chi connectivity index (χ4n) is 1.04. The molecule has 1 rings (SSSR count). The third-order valence-electron chi connectivity index (χ3n) is 1.86. The lowest BCUT2D eigenvalue weighted by Gasteiger charge is -2.16. The van der Waals surface area contributed by atoms with Crippen molar-refractivity contribution in [2.24, 2.45) is 5.73 Å². The first-order chi connectivity index (χ1) is 6.04. The zero-order chi connectivity index (χ0) is 10.0. The molecule has 0 saturated carbocycles. The highest BCUT2D eigenvalue weighted by Crippen LogP contribution is 2.23. The Hall–Kier alpha value is -0.450. The van der Waals surface area contributed by atoms with Gasteiger partial charge in [-0.05, 0) is 28.9 Å². The van der Waals surface area contributed by atoms with Gasteiger partial charge in [0, 0.05) is 5.56 Å². The van der Waals surface area contributed by atoms with Gasteiger partial charge in [0.05, 0.1) is 16.6 Å². The summed E-state index contributed by atoms with van der Waals surface area (Å²) >= 11 is 3.05. The molecule has 2 atom stereocenters. The Labute approximate surface area is 84.7 Å². The highest BCUT2D eigenvalue weighted by Gasteiger charge is 2.17. The topological polar surface area (TPSA) is 46.2 Å². The Balaban J connectivity index is 3.07. The van der Waals surface area contributed by atoms with Gasteiger partial charge in [-0.2, -0.15) is 0 Å². The first-order valence-electron chi connectivity index (χ1n) is 3.91. The van der Waals surface area contributed by atoms with Crippen molar-refractivity contribution in [2.75, 3.05) is 0 Å². The van der Waals surface area contributed by atoms with E-state index in [-0.39, 0.29) is 0 Å². The van der Waals surface area contributed by atoms with E-state index in [1.165, 1.54) is 6.92 Å². The largest absolute Gasteiger partial charge is 0.391 e. The number of aliphatic hydroxyl groups excluding tert-OH is 1. The van der Waals surface area contributed by atoms with Crippen molar-refractivity contribution < 1.29 is 9.50 Å². The van der Waals surface area contributed by atoms with Crippen molar-refractivity contribution in [1.82, 2.24) is 0 Å². The lowest BCUT2D eigenvalue weighted by molar-refractivity contribution is 0.162. The van der Waals surface area contributed by atoms with E-state index >= 15 is 0 Å². The van der Waals surface area contributed by atoms with Crippen LogP contribution < -0.4 is 5.73 Å². The van der Waals surface area contributed by atoms with Crippen LogP contribution in [-0.4, -0.2) is 11.2 Å². The number of aliphatic hydroxyl groups is 1. The fraction of sp³-hybridized carbons (Fsp3) is 0.333. The number of benzene rings is 1. The van der Waals surface area contributed by atoms with Crippen molar-refractivity contribution in [3.63, 3.8) is 0 Å². The van der Waals surface area contributed by atoms with E-state index in [0.717, 1.165) is 0 Å². The van der Waals surface area contributed by atoms with Crippen LogP contribution in [0, 0.1) is 5.82 Å². The molecule has 0 aliphatic carbocycles. The Morgan fingerprint density at radius 3 is 2.69 bits per heavy atom. The number of rotatable bonds is 2. The molecule has 0 amide bonds. The summed E-state index contributed by atoms with van der Waals surface area (Å²) in [5.74, 6) is -0.407. The van der Waals surface area contributed by atoms with Crippen LogP contribution in [0.2, 0.25) is 0 Å². The maximum absolute atomic E-state index is 13.4. The van der Waals surface area contributed by atoms with Crippen LogP contribution in [0.1, 0.15) is 18.5 Å². The normalized spacial score (nSPS) is 15.5. The quantitative estimate of drug-likeness (QED) is 0.840.